The van der Waals surface area contributed by atoms with E-state index in [0.717, 1.165) is 25.7 Å². The zero-order valence-corrected chi connectivity index (χ0v) is 19.1. The van der Waals surface area contributed by atoms with E-state index in [4.69, 9.17) is 9.84 Å². The minimum absolute atomic E-state index is 0.0105. The van der Waals surface area contributed by atoms with Crippen molar-refractivity contribution in [1.29, 1.82) is 0 Å². The highest BCUT2D eigenvalue weighted by Gasteiger charge is 2.38. The Kier molecular flexibility index (Phi) is 7.24. The molecule has 0 heterocycles. The van der Waals surface area contributed by atoms with Crippen LogP contribution in [0.4, 0.5) is 13.2 Å². The van der Waals surface area contributed by atoms with E-state index < -0.39 is 23.2 Å². The van der Waals surface area contributed by atoms with Gasteiger partial charge in [0.05, 0.1) is 11.6 Å². The van der Waals surface area contributed by atoms with Gasteiger partial charge in [-0.05, 0) is 73.4 Å². The first kappa shape index (κ1) is 24.9. The fourth-order valence-corrected chi connectivity index (χ4v) is 4.60. The molecule has 0 spiro atoms. The van der Waals surface area contributed by atoms with E-state index in [-0.39, 0.29) is 36.0 Å². The smallest absolute Gasteiger partial charge is 0.420 e. The van der Waals surface area contributed by atoms with Gasteiger partial charge in [0, 0.05) is 13.3 Å². The predicted octanol–water partition coefficient (Wildman–Crippen LogP) is 6.03. The van der Waals surface area contributed by atoms with Crippen LogP contribution in [0.2, 0.25) is 0 Å². The Balaban J connectivity index is 2.02. The summed E-state index contributed by atoms with van der Waals surface area (Å²) in [5.41, 5.74) is -1.31. The summed E-state index contributed by atoms with van der Waals surface area (Å²) in [7, 11) is 0. The number of carbonyl (C=O) groups excluding carboxylic acids is 1. The Labute approximate surface area is 191 Å². The third kappa shape index (κ3) is 5.97. The molecule has 1 atom stereocenters. The van der Waals surface area contributed by atoms with E-state index >= 15 is 0 Å². The number of hydrogen-bond donors (Lipinski definition) is 2. The van der Waals surface area contributed by atoms with Gasteiger partial charge in [0.25, 0.3) is 0 Å². The molecule has 2 N–H and O–H groups in total. The van der Waals surface area contributed by atoms with E-state index in [9.17, 15) is 22.8 Å². The molecule has 0 radical (unpaired) electrons. The summed E-state index contributed by atoms with van der Waals surface area (Å²) in [6, 6.07) is 7.42. The lowest BCUT2D eigenvalue weighted by atomic mass is 9.85. The lowest BCUT2D eigenvalue weighted by Gasteiger charge is -2.31. The molecule has 0 saturated heterocycles. The van der Waals surface area contributed by atoms with Crippen molar-refractivity contribution in [3.63, 3.8) is 0 Å². The van der Waals surface area contributed by atoms with Crippen LogP contribution in [0, 0.1) is 5.92 Å². The van der Waals surface area contributed by atoms with Gasteiger partial charge in [0.2, 0.25) is 5.91 Å². The Bertz CT molecular complexity index is 1030. The van der Waals surface area contributed by atoms with Crippen LogP contribution in [-0.2, 0) is 21.3 Å². The molecule has 0 bridgehead atoms. The molecule has 1 aliphatic rings. The summed E-state index contributed by atoms with van der Waals surface area (Å²) in [6.07, 6.45) is -1.62. The standard InChI is InChI=1S/C25H30F3NO4/c1-15-4-8-19(9-5-15)33-21-11-6-17-14-18(7-10-20(17)23(21)25(26,27)28)24(3,29-16(2)30)13-12-22(31)32/h6-7,10-11,14-15,19H,4-5,8-9,12-13H2,1-3H3,(H,29,30)(H,31,32). The molecule has 3 rings (SSSR count). The monoisotopic (exact) mass is 465 g/mol. The number of carboxylic acids is 1. The van der Waals surface area contributed by atoms with E-state index in [0.29, 0.717) is 16.9 Å². The summed E-state index contributed by atoms with van der Waals surface area (Å²) in [5, 5.41) is 12.2. The van der Waals surface area contributed by atoms with Crippen molar-refractivity contribution in [2.45, 2.75) is 77.1 Å². The van der Waals surface area contributed by atoms with Crippen LogP contribution < -0.4 is 10.1 Å². The minimum atomic E-state index is -4.61. The molecule has 2 aromatic rings. The molecule has 180 valence electrons. The molecule has 33 heavy (non-hydrogen) atoms. The SMILES string of the molecule is CC(=O)NC(C)(CCC(=O)O)c1ccc2c(C(F)(F)F)c(OC3CCC(C)CC3)ccc2c1. The molecule has 1 amide bonds. The Morgan fingerprint density at radius 2 is 1.79 bits per heavy atom. The average Bonchev–Trinajstić information content (AvgIpc) is 2.72. The van der Waals surface area contributed by atoms with Gasteiger partial charge in [0.15, 0.2) is 0 Å². The number of halogens is 3. The van der Waals surface area contributed by atoms with E-state index in [1.807, 2.05) is 0 Å². The largest absolute Gasteiger partial charge is 0.490 e. The number of amides is 1. The second-order valence-corrected chi connectivity index (χ2v) is 9.28. The molecule has 5 nitrogen and oxygen atoms in total. The van der Waals surface area contributed by atoms with E-state index in [1.165, 1.54) is 25.1 Å². The van der Waals surface area contributed by atoms with Crippen LogP contribution in [-0.4, -0.2) is 23.1 Å². The summed E-state index contributed by atoms with van der Waals surface area (Å²) in [5.74, 6) is -0.992. The van der Waals surface area contributed by atoms with Crippen molar-refractivity contribution in [1.82, 2.24) is 5.32 Å². The number of hydrogen-bond acceptors (Lipinski definition) is 3. The van der Waals surface area contributed by atoms with Crippen LogP contribution in [0.5, 0.6) is 5.75 Å². The van der Waals surface area contributed by atoms with Crippen molar-refractivity contribution in [2.24, 2.45) is 5.92 Å². The predicted molar refractivity (Wildman–Crippen MR) is 119 cm³/mol. The van der Waals surface area contributed by atoms with Crippen molar-refractivity contribution in [3.05, 3.63) is 41.5 Å². The number of nitrogens with one attached hydrogen (secondary N) is 1. The molecule has 1 unspecified atom stereocenters. The van der Waals surface area contributed by atoms with Crippen LogP contribution in [0.15, 0.2) is 30.3 Å². The number of benzene rings is 2. The molecule has 8 heteroatoms. The van der Waals surface area contributed by atoms with Gasteiger partial charge in [-0.1, -0.05) is 25.1 Å². The molecule has 0 aliphatic heterocycles. The first-order chi connectivity index (χ1) is 15.4. The number of carbonyl (C=O) groups is 2. The third-order valence-electron chi connectivity index (χ3n) is 6.45. The van der Waals surface area contributed by atoms with Crippen molar-refractivity contribution in [3.8, 4) is 5.75 Å². The van der Waals surface area contributed by atoms with Gasteiger partial charge < -0.3 is 15.2 Å². The highest BCUT2D eigenvalue weighted by molar-refractivity contribution is 5.89. The lowest BCUT2D eigenvalue weighted by molar-refractivity contribution is -0.138. The quantitative estimate of drug-likeness (QED) is 0.523. The maximum atomic E-state index is 14.1. The third-order valence-corrected chi connectivity index (χ3v) is 6.45. The summed E-state index contributed by atoms with van der Waals surface area (Å²) in [6.45, 7) is 5.12. The van der Waals surface area contributed by atoms with Gasteiger partial charge in [-0.15, -0.1) is 0 Å². The zero-order valence-electron chi connectivity index (χ0n) is 19.1. The van der Waals surface area contributed by atoms with Crippen LogP contribution in [0.3, 0.4) is 0 Å². The molecule has 1 saturated carbocycles. The summed E-state index contributed by atoms with van der Waals surface area (Å²) < 4.78 is 48.2. The van der Waals surface area contributed by atoms with Crippen molar-refractivity contribution >= 4 is 22.6 Å². The number of fused-ring (bicyclic) bond motifs is 1. The second-order valence-electron chi connectivity index (χ2n) is 9.28. The first-order valence-corrected chi connectivity index (χ1v) is 11.2. The molecule has 1 aliphatic carbocycles. The summed E-state index contributed by atoms with van der Waals surface area (Å²) in [4.78, 5) is 22.9. The van der Waals surface area contributed by atoms with Crippen LogP contribution in [0.25, 0.3) is 10.8 Å². The molecule has 0 aromatic heterocycles. The fourth-order valence-electron chi connectivity index (χ4n) is 4.60. The maximum Gasteiger partial charge on any atom is 0.420 e. The number of ether oxygens (including phenoxy) is 1. The molecular weight excluding hydrogens is 435 g/mol. The number of rotatable bonds is 7. The highest BCUT2D eigenvalue weighted by Crippen LogP contribution is 2.43. The van der Waals surface area contributed by atoms with Gasteiger partial charge >= 0.3 is 12.1 Å². The normalized spacial score (nSPS) is 20.8. The number of alkyl halides is 3. The van der Waals surface area contributed by atoms with Gasteiger partial charge in [0.1, 0.15) is 11.3 Å². The zero-order chi connectivity index (χ0) is 24.4. The van der Waals surface area contributed by atoms with Crippen molar-refractivity contribution in [2.75, 3.05) is 0 Å². The van der Waals surface area contributed by atoms with Gasteiger partial charge in [-0.2, -0.15) is 13.2 Å². The fraction of sp³-hybridized carbons (Fsp3) is 0.520. The van der Waals surface area contributed by atoms with Gasteiger partial charge in [-0.25, -0.2) is 0 Å². The number of aliphatic carboxylic acids is 1. The van der Waals surface area contributed by atoms with Gasteiger partial charge in [-0.3, -0.25) is 9.59 Å². The molecular formula is C25H30F3NO4. The van der Waals surface area contributed by atoms with Crippen LogP contribution in [0.1, 0.15) is 70.4 Å². The van der Waals surface area contributed by atoms with Crippen LogP contribution >= 0.6 is 0 Å². The molecule has 2 aromatic carbocycles. The minimum Gasteiger partial charge on any atom is -0.490 e. The van der Waals surface area contributed by atoms with Crippen molar-refractivity contribution < 1.29 is 32.6 Å². The van der Waals surface area contributed by atoms with E-state index in [1.54, 1.807) is 19.1 Å². The Morgan fingerprint density at radius 1 is 1.12 bits per heavy atom. The maximum absolute atomic E-state index is 14.1. The number of carboxylic acid groups (broad SMARTS) is 1. The second kappa shape index (κ2) is 9.61. The summed E-state index contributed by atoms with van der Waals surface area (Å²) >= 11 is 0. The highest BCUT2D eigenvalue weighted by atomic mass is 19.4. The first-order valence-electron chi connectivity index (χ1n) is 11.2. The Morgan fingerprint density at radius 3 is 2.36 bits per heavy atom. The van der Waals surface area contributed by atoms with E-state index in [2.05, 4.69) is 12.2 Å². The average molecular weight is 466 g/mol. The Hall–Kier alpha value is -2.77. The lowest BCUT2D eigenvalue weighted by Crippen LogP contribution is -2.42. The topological polar surface area (TPSA) is 75.6 Å². The molecule has 1 fully saturated rings.